The maximum Gasteiger partial charge on any atom is 0.418 e. The van der Waals surface area contributed by atoms with E-state index in [2.05, 4.69) is 15.1 Å². The van der Waals surface area contributed by atoms with Crippen LogP contribution in [0.15, 0.2) is 59.7 Å². The molecule has 0 bridgehead atoms. The van der Waals surface area contributed by atoms with Crippen molar-refractivity contribution < 1.29 is 42.0 Å². The first kappa shape index (κ1) is 27.9. The quantitative estimate of drug-likeness (QED) is 0.231. The van der Waals surface area contributed by atoms with Gasteiger partial charge in [0.05, 0.1) is 29.6 Å². The number of benzene rings is 2. The maximum absolute atomic E-state index is 14.0. The predicted octanol–water partition coefficient (Wildman–Crippen LogP) is 5.49. The molecule has 3 aromatic rings. The van der Waals surface area contributed by atoms with Gasteiger partial charge in [-0.3, -0.25) is 0 Å². The number of hydrogen-bond donors (Lipinski definition) is 1. The molecule has 3 heterocycles. The van der Waals surface area contributed by atoms with Gasteiger partial charge in [-0.2, -0.15) is 18.3 Å². The number of carboxylic acid groups (broad SMARTS) is 1. The minimum absolute atomic E-state index is 0.0283. The van der Waals surface area contributed by atoms with Crippen LogP contribution >= 0.6 is 11.6 Å². The fraction of sp³-hybridized carbons (Fsp3) is 0.360. The summed E-state index contributed by atoms with van der Waals surface area (Å²) in [5.74, 6) is -1.49. The van der Waals surface area contributed by atoms with Crippen LogP contribution in [0.2, 0.25) is 5.02 Å². The van der Waals surface area contributed by atoms with E-state index in [-0.39, 0.29) is 17.3 Å². The fourth-order valence-electron chi connectivity index (χ4n) is 4.89. The summed E-state index contributed by atoms with van der Waals surface area (Å²) < 4.78 is 66.5. The topological polar surface area (TPSA) is 141 Å². The molecule has 2 saturated heterocycles. The Hall–Kier alpha value is -3.65. The average Bonchev–Trinajstić information content (AvgIpc) is 3.38. The summed E-state index contributed by atoms with van der Waals surface area (Å²) in [6.45, 7) is -0.0283. The van der Waals surface area contributed by atoms with Crippen LogP contribution in [0.5, 0.6) is 0 Å². The highest BCUT2D eigenvalue weighted by Gasteiger charge is 2.51. The van der Waals surface area contributed by atoms with Crippen molar-refractivity contribution in [1.82, 2.24) is 9.78 Å². The van der Waals surface area contributed by atoms with Crippen molar-refractivity contribution in [3.05, 3.63) is 92.6 Å². The van der Waals surface area contributed by atoms with E-state index in [1.54, 1.807) is 24.3 Å². The Kier molecular flexibility index (Phi) is 7.73. The van der Waals surface area contributed by atoms with Crippen LogP contribution in [0.4, 0.5) is 13.2 Å². The van der Waals surface area contributed by atoms with Gasteiger partial charge < -0.3 is 24.1 Å². The van der Waals surface area contributed by atoms with Crippen molar-refractivity contribution in [3.8, 4) is 5.69 Å². The number of carbonyl (C=O) groups is 1. The molecule has 11 nitrogen and oxygen atoms in total. The molecule has 1 N–H and O–H groups in total. The number of halogens is 4. The lowest BCUT2D eigenvalue weighted by molar-refractivity contribution is -0.310. The minimum atomic E-state index is -4.82. The zero-order valence-electron chi connectivity index (χ0n) is 20.6. The highest BCUT2D eigenvalue weighted by molar-refractivity contribution is 6.30. The number of rotatable bonds is 6. The van der Waals surface area contributed by atoms with E-state index in [4.69, 9.17) is 30.5 Å². The van der Waals surface area contributed by atoms with E-state index >= 15 is 0 Å². The average molecular weight is 580 g/mol. The first-order valence-electron chi connectivity index (χ1n) is 11.9. The number of alkyl halides is 3. The summed E-state index contributed by atoms with van der Waals surface area (Å²) in [5.41, 5.74) is 7.79. The van der Waals surface area contributed by atoms with E-state index in [1.165, 1.54) is 7.11 Å². The van der Waals surface area contributed by atoms with Gasteiger partial charge in [-0.1, -0.05) is 47.0 Å². The molecule has 4 unspecified atom stereocenters. The SMILES string of the molecule is COC1C(N=[N+]=[N-])[C@H]2OC(c3ccccc3)OCC2O[C@H]1c1cc(C(=O)O)nn1-c1cc(Cl)ccc1C(F)(F)F. The number of carboxylic acids is 1. The molecule has 6 atom stereocenters. The molecular formula is C25H21ClF3N5O6. The van der Waals surface area contributed by atoms with E-state index in [9.17, 15) is 28.6 Å². The monoisotopic (exact) mass is 579 g/mol. The van der Waals surface area contributed by atoms with Gasteiger partial charge in [-0.05, 0) is 29.8 Å². The van der Waals surface area contributed by atoms with Crippen LogP contribution in [0.1, 0.15) is 39.7 Å². The van der Waals surface area contributed by atoms with Crippen LogP contribution in [0, 0.1) is 0 Å². The number of nitrogens with zero attached hydrogens (tertiary/aromatic N) is 5. The Morgan fingerprint density at radius 2 is 1.98 bits per heavy atom. The van der Waals surface area contributed by atoms with Gasteiger partial charge in [0.1, 0.15) is 24.4 Å². The van der Waals surface area contributed by atoms with Gasteiger partial charge in [0, 0.05) is 22.6 Å². The number of aromatic carboxylic acids is 1. The number of hydrogen-bond acceptors (Lipinski definition) is 7. The first-order chi connectivity index (χ1) is 19.1. The van der Waals surface area contributed by atoms with Crippen molar-refractivity contribution in [2.75, 3.05) is 13.7 Å². The Morgan fingerprint density at radius 3 is 2.62 bits per heavy atom. The second kappa shape index (κ2) is 11.1. The zero-order valence-corrected chi connectivity index (χ0v) is 21.4. The largest absolute Gasteiger partial charge is 0.476 e. The number of azide groups is 1. The van der Waals surface area contributed by atoms with Gasteiger partial charge in [-0.15, -0.1) is 0 Å². The van der Waals surface area contributed by atoms with Gasteiger partial charge in [0.15, 0.2) is 12.0 Å². The Morgan fingerprint density at radius 1 is 1.23 bits per heavy atom. The van der Waals surface area contributed by atoms with Crippen LogP contribution < -0.4 is 0 Å². The standard InChI is InChI=1S/C25H21ClF3N5O6/c1-37-22-19(31-33-30)21-18(11-38-24(40-21)12-5-3-2-4-6-12)39-20(22)17-10-15(23(35)36)32-34(17)16-9-13(26)7-8-14(16)25(27,28)29/h2-10,18-22,24H,11H2,1H3,(H,35,36)/t18?,19?,20-,21-,22?,24?/m0/s1. The molecule has 2 aromatic carbocycles. The van der Waals surface area contributed by atoms with Crippen molar-refractivity contribution in [2.45, 2.75) is 42.9 Å². The third kappa shape index (κ3) is 5.24. The van der Waals surface area contributed by atoms with Crippen LogP contribution in [-0.2, 0) is 25.1 Å². The highest BCUT2D eigenvalue weighted by Crippen LogP contribution is 2.43. The molecule has 0 spiro atoms. The molecular weight excluding hydrogens is 559 g/mol. The van der Waals surface area contributed by atoms with Crippen molar-refractivity contribution >= 4 is 17.6 Å². The first-order valence-corrected chi connectivity index (χ1v) is 12.2. The summed E-state index contributed by atoms with van der Waals surface area (Å²) >= 11 is 6.03. The highest BCUT2D eigenvalue weighted by atomic mass is 35.5. The molecule has 2 aliphatic rings. The van der Waals surface area contributed by atoms with Crippen molar-refractivity contribution in [3.63, 3.8) is 0 Å². The maximum atomic E-state index is 14.0. The smallest absolute Gasteiger partial charge is 0.418 e. The van der Waals surface area contributed by atoms with Gasteiger partial charge in [0.25, 0.3) is 0 Å². The molecule has 15 heteroatoms. The van der Waals surface area contributed by atoms with E-state index < -0.39 is 65.8 Å². The van der Waals surface area contributed by atoms with E-state index in [0.717, 1.165) is 28.9 Å². The lowest BCUT2D eigenvalue weighted by Crippen LogP contribution is -2.59. The Labute approximate surface area is 229 Å². The van der Waals surface area contributed by atoms with E-state index in [1.807, 2.05) is 6.07 Å². The van der Waals surface area contributed by atoms with Crippen molar-refractivity contribution in [1.29, 1.82) is 0 Å². The van der Waals surface area contributed by atoms with Crippen LogP contribution in [0.25, 0.3) is 16.1 Å². The van der Waals surface area contributed by atoms with Crippen LogP contribution in [0.3, 0.4) is 0 Å². The van der Waals surface area contributed by atoms with E-state index in [0.29, 0.717) is 5.56 Å². The number of aromatic nitrogens is 2. The Bertz CT molecular complexity index is 1450. The molecule has 210 valence electrons. The molecule has 0 aliphatic carbocycles. The summed E-state index contributed by atoms with van der Waals surface area (Å²) in [6.07, 6.45) is -9.70. The second-order valence-corrected chi connectivity index (χ2v) is 9.43. The third-order valence-electron chi connectivity index (χ3n) is 6.62. The molecule has 0 saturated carbocycles. The predicted molar refractivity (Wildman–Crippen MR) is 132 cm³/mol. The van der Waals surface area contributed by atoms with Crippen LogP contribution in [-0.4, -0.2) is 58.9 Å². The summed E-state index contributed by atoms with van der Waals surface area (Å²) in [6, 6.07) is 11.9. The lowest BCUT2D eigenvalue weighted by Gasteiger charge is -2.48. The number of fused-ring (bicyclic) bond motifs is 1. The molecule has 5 rings (SSSR count). The molecule has 2 aliphatic heterocycles. The van der Waals surface area contributed by atoms with Crippen molar-refractivity contribution in [2.24, 2.45) is 5.11 Å². The lowest BCUT2D eigenvalue weighted by atomic mass is 9.90. The number of ether oxygens (including phenoxy) is 4. The molecule has 40 heavy (non-hydrogen) atoms. The normalized spacial score (nSPS) is 26.5. The van der Waals surface area contributed by atoms with Gasteiger partial charge in [-0.25, -0.2) is 9.48 Å². The summed E-state index contributed by atoms with van der Waals surface area (Å²) in [4.78, 5) is 14.8. The Balaban J connectivity index is 1.60. The molecule has 0 amide bonds. The number of methoxy groups -OCH3 is 1. The second-order valence-electron chi connectivity index (χ2n) is 9.00. The molecule has 2 fully saturated rings. The summed E-state index contributed by atoms with van der Waals surface area (Å²) in [7, 11) is 1.30. The van der Waals surface area contributed by atoms with Gasteiger partial charge >= 0.3 is 12.1 Å². The fourth-order valence-corrected chi connectivity index (χ4v) is 5.05. The zero-order chi connectivity index (χ0) is 28.6. The summed E-state index contributed by atoms with van der Waals surface area (Å²) in [5, 5.41) is 17.4. The molecule has 0 radical (unpaired) electrons. The third-order valence-corrected chi connectivity index (χ3v) is 6.86. The van der Waals surface area contributed by atoms with Gasteiger partial charge in [0.2, 0.25) is 0 Å². The minimum Gasteiger partial charge on any atom is -0.476 e. The molecule has 1 aromatic heterocycles.